The van der Waals surface area contributed by atoms with E-state index in [4.69, 9.17) is 4.74 Å². The fourth-order valence-electron chi connectivity index (χ4n) is 2.53. The second-order valence-corrected chi connectivity index (χ2v) is 5.11. The number of nitrogens with one attached hydrogen (secondary N) is 1. The zero-order valence-electron chi connectivity index (χ0n) is 13.2. The molecule has 1 aliphatic rings. The Bertz CT molecular complexity index is 393. The lowest BCUT2D eigenvalue weighted by molar-refractivity contribution is 0.223. The van der Waals surface area contributed by atoms with Crippen LogP contribution in [0.1, 0.15) is 13.8 Å². The van der Waals surface area contributed by atoms with E-state index in [1.807, 2.05) is 6.07 Å². The number of halogens is 1. The van der Waals surface area contributed by atoms with Crippen LogP contribution in [0.15, 0.2) is 24.3 Å². The molecular formula is C16H28ClN3O. The maximum atomic E-state index is 5.89. The zero-order chi connectivity index (χ0) is 14.2. The van der Waals surface area contributed by atoms with Gasteiger partial charge in [-0.1, -0.05) is 19.9 Å². The van der Waals surface area contributed by atoms with Crippen LogP contribution in [0.3, 0.4) is 0 Å². The first-order chi connectivity index (χ1) is 9.83. The van der Waals surface area contributed by atoms with Crippen molar-refractivity contribution < 1.29 is 4.74 Å². The van der Waals surface area contributed by atoms with Gasteiger partial charge in [0.15, 0.2) is 0 Å². The van der Waals surface area contributed by atoms with Crippen molar-refractivity contribution in [2.24, 2.45) is 0 Å². The SMILES string of the molecule is CCN(CC)CCOc1cccc(N2CCNCC2)c1.Cl. The highest BCUT2D eigenvalue weighted by atomic mass is 35.5. The number of piperazine rings is 1. The zero-order valence-corrected chi connectivity index (χ0v) is 14.0. The van der Waals surface area contributed by atoms with Crippen LogP contribution in [0.4, 0.5) is 5.69 Å². The minimum Gasteiger partial charge on any atom is -0.492 e. The van der Waals surface area contributed by atoms with E-state index in [-0.39, 0.29) is 12.4 Å². The number of hydrogen-bond donors (Lipinski definition) is 1. The molecule has 1 heterocycles. The maximum Gasteiger partial charge on any atom is 0.121 e. The molecule has 1 aromatic carbocycles. The van der Waals surface area contributed by atoms with Gasteiger partial charge in [0.25, 0.3) is 0 Å². The minimum atomic E-state index is 0. The van der Waals surface area contributed by atoms with Crippen molar-refractivity contribution in [2.45, 2.75) is 13.8 Å². The lowest BCUT2D eigenvalue weighted by Crippen LogP contribution is -2.43. The number of ether oxygens (including phenoxy) is 1. The molecular weight excluding hydrogens is 286 g/mol. The van der Waals surface area contributed by atoms with Crippen LogP contribution in [0.5, 0.6) is 5.75 Å². The van der Waals surface area contributed by atoms with Gasteiger partial charge in [0.2, 0.25) is 0 Å². The van der Waals surface area contributed by atoms with Crippen LogP contribution in [-0.2, 0) is 0 Å². The van der Waals surface area contributed by atoms with Crippen molar-refractivity contribution >= 4 is 18.1 Å². The van der Waals surface area contributed by atoms with Crippen molar-refractivity contribution in [2.75, 3.05) is 57.3 Å². The number of hydrogen-bond acceptors (Lipinski definition) is 4. The normalized spacial score (nSPS) is 14.9. The van der Waals surface area contributed by atoms with E-state index in [0.29, 0.717) is 0 Å². The van der Waals surface area contributed by atoms with Gasteiger partial charge in [-0.15, -0.1) is 12.4 Å². The van der Waals surface area contributed by atoms with Gasteiger partial charge in [-0.05, 0) is 25.2 Å². The average molecular weight is 314 g/mol. The molecule has 1 aromatic rings. The molecule has 1 aliphatic heterocycles. The second-order valence-electron chi connectivity index (χ2n) is 5.11. The van der Waals surface area contributed by atoms with Crippen LogP contribution in [-0.4, -0.2) is 57.3 Å². The Labute approximate surface area is 134 Å². The summed E-state index contributed by atoms with van der Waals surface area (Å²) in [5, 5.41) is 3.38. The summed E-state index contributed by atoms with van der Waals surface area (Å²) in [6.45, 7) is 12.6. The number of nitrogens with zero attached hydrogens (tertiary/aromatic N) is 2. The highest BCUT2D eigenvalue weighted by Gasteiger charge is 2.10. The van der Waals surface area contributed by atoms with Gasteiger partial charge < -0.3 is 19.9 Å². The first-order valence-electron chi connectivity index (χ1n) is 7.74. The molecule has 0 radical (unpaired) electrons. The Morgan fingerprint density at radius 3 is 2.57 bits per heavy atom. The molecule has 1 fully saturated rings. The van der Waals surface area contributed by atoms with E-state index >= 15 is 0 Å². The van der Waals surface area contributed by atoms with Crippen molar-refractivity contribution in [3.63, 3.8) is 0 Å². The highest BCUT2D eigenvalue weighted by molar-refractivity contribution is 5.85. The molecule has 21 heavy (non-hydrogen) atoms. The van der Waals surface area contributed by atoms with Gasteiger partial charge in [0.1, 0.15) is 12.4 Å². The molecule has 0 unspecified atom stereocenters. The van der Waals surface area contributed by atoms with Crippen LogP contribution in [0, 0.1) is 0 Å². The Morgan fingerprint density at radius 1 is 1.19 bits per heavy atom. The largest absolute Gasteiger partial charge is 0.492 e. The molecule has 2 rings (SSSR count). The summed E-state index contributed by atoms with van der Waals surface area (Å²) in [6, 6.07) is 8.47. The first kappa shape index (κ1) is 18.1. The topological polar surface area (TPSA) is 27.7 Å². The lowest BCUT2D eigenvalue weighted by atomic mass is 10.2. The Kier molecular flexibility index (Phi) is 8.50. The maximum absolute atomic E-state index is 5.89. The predicted octanol–water partition coefficient (Wildman–Crippen LogP) is 2.24. The van der Waals surface area contributed by atoms with Crippen molar-refractivity contribution in [3.8, 4) is 5.75 Å². The molecule has 4 nitrogen and oxygen atoms in total. The summed E-state index contributed by atoms with van der Waals surface area (Å²) in [5.41, 5.74) is 1.27. The van der Waals surface area contributed by atoms with Crippen molar-refractivity contribution in [3.05, 3.63) is 24.3 Å². The van der Waals surface area contributed by atoms with E-state index in [0.717, 1.165) is 58.2 Å². The van der Waals surface area contributed by atoms with E-state index in [9.17, 15) is 0 Å². The molecule has 0 aliphatic carbocycles. The van der Waals surface area contributed by atoms with Gasteiger partial charge >= 0.3 is 0 Å². The average Bonchev–Trinajstić information content (AvgIpc) is 2.53. The summed E-state index contributed by atoms with van der Waals surface area (Å²) in [4.78, 5) is 4.79. The van der Waals surface area contributed by atoms with E-state index < -0.39 is 0 Å². The van der Waals surface area contributed by atoms with Crippen molar-refractivity contribution in [1.82, 2.24) is 10.2 Å². The van der Waals surface area contributed by atoms with Crippen LogP contribution in [0.25, 0.3) is 0 Å². The molecule has 120 valence electrons. The third-order valence-corrected chi connectivity index (χ3v) is 3.87. The number of likely N-dealkylation sites (N-methyl/N-ethyl adjacent to an activating group) is 1. The molecule has 0 amide bonds. The molecule has 1 saturated heterocycles. The molecule has 0 saturated carbocycles. The summed E-state index contributed by atoms with van der Waals surface area (Å²) in [6.07, 6.45) is 0. The molecule has 0 spiro atoms. The molecule has 0 atom stereocenters. The van der Waals surface area contributed by atoms with Gasteiger partial charge in [0.05, 0.1) is 0 Å². The quantitative estimate of drug-likeness (QED) is 0.835. The monoisotopic (exact) mass is 313 g/mol. The smallest absolute Gasteiger partial charge is 0.121 e. The number of anilines is 1. The van der Waals surface area contributed by atoms with Gasteiger partial charge in [-0.3, -0.25) is 0 Å². The third kappa shape index (κ3) is 5.73. The van der Waals surface area contributed by atoms with Crippen LogP contribution >= 0.6 is 12.4 Å². The Morgan fingerprint density at radius 2 is 1.90 bits per heavy atom. The molecule has 0 bridgehead atoms. The number of benzene rings is 1. The minimum absolute atomic E-state index is 0. The second kappa shape index (κ2) is 9.87. The first-order valence-corrected chi connectivity index (χ1v) is 7.74. The van der Waals surface area contributed by atoms with Crippen molar-refractivity contribution in [1.29, 1.82) is 0 Å². The molecule has 1 N–H and O–H groups in total. The standard InChI is InChI=1S/C16H27N3O.ClH/c1-3-18(4-2)12-13-20-16-7-5-6-15(14-16)19-10-8-17-9-11-19;/h5-7,14,17H,3-4,8-13H2,1-2H3;1H. The predicted molar refractivity (Wildman–Crippen MR) is 92.1 cm³/mol. The van der Waals surface area contributed by atoms with Gasteiger partial charge in [-0.2, -0.15) is 0 Å². The highest BCUT2D eigenvalue weighted by Crippen LogP contribution is 2.21. The summed E-state index contributed by atoms with van der Waals surface area (Å²) in [5.74, 6) is 0.980. The fraction of sp³-hybridized carbons (Fsp3) is 0.625. The lowest BCUT2D eigenvalue weighted by Gasteiger charge is -2.29. The molecule has 0 aromatic heterocycles. The Hall–Kier alpha value is -0.970. The summed E-state index contributed by atoms with van der Waals surface area (Å²) < 4.78 is 5.89. The third-order valence-electron chi connectivity index (χ3n) is 3.87. The van der Waals surface area contributed by atoms with Gasteiger partial charge in [0, 0.05) is 44.5 Å². The van der Waals surface area contributed by atoms with Crippen LogP contribution in [0.2, 0.25) is 0 Å². The van der Waals surface area contributed by atoms with E-state index in [2.05, 4.69) is 47.2 Å². The summed E-state index contributed by atoms with van der Waals surface area (Å²) >= 11 is 0. The van der Waals surface area contributed by atoms with E-state index in [1.54, 1.807) is 0 Å². The molecule has 5 heteroatoms. The van der Waals surface area contributed by atoms with Gasteiger partial charge in [-0.25, -0.2) is 0 Å². The number of rotatable bonds is 7. The van der Waals surface area contributed by atoms with E-state index in [1.165, 1.54) is 5.69 Å². The Balaban J connectivity index is 0.00000220. The summed E-state index contributed by atoms with van der Waals surface area (Å²) in [7, 11) is 0. The van der Waals surface area contributed by atoms with Crippen LogP contribution < -0.4 is 15.0 Å². The fourth-order valence-corrected chi connectivity index (χ4v) is 2.53.